The minimum absolute atomic E-state index is 0.422. The van der Waals surface area contributed by atoms with Crippen LogP contribution in [-0.2, 0) is 16.1 Å². The molecule has 2 aliphatic heterocycles. The largest absolute Gasteiger partial charge is 0.486 e. The van der Waals surface area contributed by atoms with Crippen LogP contribution >= 0.6 is 0 Å². The number of primary amides is 1. The van der Waals surface area contributed by atoms with E-state index in [1.807, 2.05) is 18.2 Å². The second-order valence-corrected chi connectivity index (χ2v) is 5.63. The van der Waals surface area contributed by atoms with Gasteiger partial charge < -0.3 is 19.9 Å². The van der Waals surface area contributed by atoms with E-state index in [1.54, 1.807) is 6.92 Å². The maximum absolute atomic E-state index is 11.5. The number of morpholine rings is 1. The predicted octanol–water partition coefficient (Wildman–Crippen LogP) is 0.534. The molecule has 0 spiro atoms. The van der Waals surface area contributed by atoms with Crippen molar-refractivity contribution in [3.63, 3.8) is 0 Å². The molecule has 1 amide bonds. The van der Waals surface area contributed by atoms with Gasteiger partial charge in [0.1, 0.15) is 13.2 Å². The van der Waals surface area contributed by atoms with Crippen LogP contribution in [0.2, 0.25) is 0 Å². The molecular weight excluding hydrogens is 272 g/mol. The Labute approximate surface area is 123 Å². The number of ether oxygens (including phenoxy) is 3. The molecule has 21 heavy (non-hydrogen) atoms. The summed E-state index contributed by atoms with van der Waals surface area (Å²) in [4.78, 5) is 13.7. The number of nitrogens with two attached hydrogens (primary N) is 1. The summed E-state index contributed by atoms with van der Waals surface area (Å²) < 4.78 is 16.6. The van der Waals surface area contributed by atoms with Crippen molar-refractivity contribution in [1.29, 1.82) is 0 Å². The fourth-order valence-corrected chi connectivity index (χ4v) is 2.68. The third kappa shape index (κ3) is 2.96. The highest BCUT2D eigenvalue weighted by molar-refractivity contribution is 5.83. The molecular formula is C15H20N2O4. The van der Waals surface area contributed by atoms with Gasteiger partial charge >= 0.3 is 0 Å². The number of hydrogen-bond acceptors (Lipinski definition) is 5. The molecule has 6 heteroatoms. The SMILES string of the molecule is C[C@]1(C(N)=O)CN(Cc2ccc3c(c2)OCCO3)CCO1. The summed E-state index contributed by atoms with van der Waals surface area (Å²) in [7, 11) is 0. The fraction of sp³-hybridized carbons (Fsp3) is 0.533. The molecule has 3 rings (SSSR count). The summed E-state index contributed by atoms with van der Waals surface area (Å²) in [6.07, 6.45) is 0. The van der Waals surface area contributed by atoms with E-state index in [4.69, 9.17) is 19.9 Å². The van der Waals surface area contributed by atoms with Gasteiger partial charge in [0, 0.05) is 19.6 Å². The Kier molecular flexibility index (Phi) is 3.73. The number of benzene rings is 1. The van der Waals surface area contributed by atoms with Gasteiger partial charge in [-0.2, -0.15) is 0 Å². The van der Waals surface area contributed by atoms with Crippen molar-refractivity contribution in [3.05, 3.63) is 23.8 Å². The summed E-state index contributed by atoms with van der Waals surface area (Å²) in [6, 6.07) is 5.94. The Morgan fingerprint density at radius 1 is 1.29 bits per heavy atom. The zero-order valence-corrected chi connectivity index (χ0v) is 12.1. The highest BCUT2D eigenvalue weighted by Gasteiger charge is 2.37. The van der Waals surface area contributed by atoms with Gasteiger partial charge in [0.25, 0.3) is 5.91 Å². The van der Waals surface area contributed by atoms with Crippen LogP contribution in [0.4, 0.5) is 0 Å². The van der Waals surface area contributed by atoms with Crippen molar-refractivity contribution in [2.45, 2.75) is 19.1 Å². The molecule has 0 saturated carbocycles. The molecule has 6 nitrogen and oxygen atoms in total. The number of rotatable bonds is 3. The molecule has 1 fully saturated rings. The normalized spacial score (nSPS) is 25.6. The third-order valence-corrected chi connectivity index (χ3v) is 3.89. The van der Waals surface area contributed by atoms with E-state index in [2.05, 4.69) is 4.90 Å². The fourth-order valence-electron chi connectivity index (χ4n) is 2.68. The molecule has 114 valence electrons. The topological polar surface area (TPSA) is 74.0 Å². The Hall–Kier alpha value is -1.79. The number of hydrogen-bond donors (Lipinski definition) is 1. The van der Waals surface area contributed by atoms with E-state index < -0.39 is 11.5 Å². The molecule has 1 aromatic carbocycles. The van der Waals surface area contributed by atoms with Crippen LogP contribution in [-0.4, -0.2) is 49.3 Å². The van der Waals surface area contributed by atoms with Gasteiger partial charge in [-0.15, -0.1) is 0 Å². The number of amides is 1. The van der Waals surface area contributed by atoms with Crippen molar-refractivity contribution in [1.82, 2.24) is 4.90 Å². The molecule has 1 aromatic rings. The average molecular weight is 292 g/mol. The van der Waals surface area contributed by atoms with Crippen molar-refractivity contribution < 1.29 is 19.0 Å². The van der Waals surface area contributed by atoms with Crippen molar-refractivity contribution >= 4 is 5.91 Å². The van der Waals surface area contributed by atoms with E-state index in [0.29, 0.717) is 26.4 Å². The molecule has 1 atom stereocenters. The minimum atomic E-state index is -0.911. The lowest BCUT2D eigenvalue weighted by Gasteiger charge is -2.38. The summed E-state index contributed by atoms with van der Waals surface area (Å²) in [5.74, 6) is 1.15. The van der Waals surface area contributed by atoms with Crippen LogP contribution < -0.4 is 15.2 Å². The molecule has 2 heterocycles. The first-order chi connectivity index (χ1) is 10.1. The van der Waals surface area contributed by atoms with Gasteiger partial charge in [-0.1, -0.05) is 6.07 Å². The van der Waals surface area contributed by atoms with Gasteiger partial charge in [0.2, 0.25) is 0 Å². The molecule has 0 radical (unpaired) electrons. The minimum Gasteiger partial charge on any atom is -0.486 e. The van der Waals surface area contributed by atoms with Crippen molar-refractivity contribution in [2.24, 2.45) is 5.73 Å². The van der Waals surface area contributed by atoms with Crippen LogP contribution in [0.3, 0.4) is 0 Å². The van der Waals surface area contributed by atoms with E-state index in [0.717, 1.165) is 30.2 Å². The van der Waals surface area contributed by atoms with Gasteiger partial charge in [-0.25, -0.2) is 0 Å². The van der Waals surface area contributed by atoms with E-state index in [9.17, 15) is 4.79 Å². The smallest absolute Gasteiger partial charge is 0.250 e. The Balaban J connectivity index is 1.70. The maximum atomic E-state index is 11.5. The van der Waals surface area contributed by atoms with Crippen LogP contribution in [0.25, 0.3) is 0 Å². The molecule has 0 bridgehead atoms. The summed E-state index contributed by atoms with van der Waals surface area (Å²) in [6.45, 7) is 5.41. The third-order valence-electron chi connectivity index (χ3n) is 3.89. The average Bonchev–Trinajstić information content (AvgIpc) is 2.47. The quantitative estimate of drug-likeness (QED) is 0.880. The molecule has 1 saturated heterocycles. The number of carbonyl (C=O) groups is 1. The second kappa shape index (κ2) is 5.54. The molecule has 2 aliphatic rings. The zero-order chi connectivity index (χ0) is 14.9. The summed E-state index contributed by atoms with van der Waals surface area (Å²) in [5, 5.41) is 0. The Bertz CT molecular complexity index is 548. The monoisotopic (exact) mass is 292 g/mol. The van der Waals surface area contributed by atoms with Crippen LogP contribution in [0, 0.1) is 0 Å². The van der Waals surface area contributed by atoms with Gasteiger partial charge in [-0.3, -0.25) is 9.69 Å². The molecule has 0 aromatic heterocycles. The van der Waals surface area contributed by atoms with Crippen LogP contribution in [0.1, 0.15) is 12.5 Å². The van der Waals surface area contributed by atoms with Gasteiger partial charge in [-0.05, 0) is 24.6 Å². The second-order valence-electron chi connectivity index (χ2n) is 5.63. The van der Waals surface area contributed by atoms with Gasteiger partial charge in [0.15, 0.2) is 17.1 Å². The van der Waals surface area contributed by atoms with E-state index in [-0.39, 0.29) is 0 Å². The van der Waals surface area contributed by atoms with Crippen LogP contribution in [0.15, 0.2) is 18.2 Å². The summed E-state index contributed by atoms with van der Waals surface area (Å²) >= 11 is 0. The molecule has 2 N–H and O–H groups in total. The maximum Gasteiger partial charge on any atom is 0.250 e. The first kappa shape index (κ1) is 14.2. The standard InChI is InChI=1S/C15H20N2O4/c1-15(14(16)18)10-17(4-5-21-15)9-11-2-3-12-13(8-11)20-7-6-19-12/h2-3,8H,4-7,9-10H2,1H3,(H2,16,18)/t15-/m1/s1. The lowest BCUT2D eigenvalue weighted by molar-refractivity contribution is -0.153. The Morgan fingerprint density at radius 3 is 2.81 bits per heavy atom. The van der Waals surface area contributed by atoms with Crippen molar-refractivity contribution in [3.8, 4) is 11.5 Å². The first-order valence-electron chi connectivity index (χ1n) is 7.12. The van der Waals surface area contributed by atoms with E-state index in [1.165, 1.54) is 0 Å². The predicted molar refractivity (Wildman–Crippen MR) is 76.3 cm³/mol. The van der Waals surface area contributed by atoms with Gasteiger partial charge in [0.05, 0.1) is 6.61 Å². The van der Waals surface area contributed by atoms with Crippen molar-refractivity contribution in [2.75, 3.05) is 32.9 Å². The molecule has 0 unspecified atom stereocenters. The Morgan fingerprint density at radius 2 is 2.05 bits per heavy atom. The molecule has 0 aliphatic carbocycles. The highest BCUT2D eigenvalue weighted by atomic mass is 16.6. The lowest BCUT2D eigenvalue weighted by atomic mass is 10.0. The van der Waals surface area contributed by atoms with E-state index >= 15 is 0 Å². The lowest BCUT2D eigenvalue weighted by Crippen LogP contribution is -2.56. The first-order valence-corrected chi connectivity index (χ1v) is 7.12. The summed E-state index contributed by atoms with van der Waals surface area (Å²) in [5.41, 5.74) is 5.63. The van der Waals surface area contributed by atoms with Crippen LogP contribution in [0.5, 0.6) is 11.5 Å². The zero-order valence-electron chi connectivity index (χ0n) is 12.1. The highest BCUT2D eigenvalue weighted by Crippen LogP contribution is 2.31. The number of fused-ring (bicyclic) bond motifs is 1. The number of nitrogens with zero attached hydrogens (tertiary/aromatic N) is 1. The number of carbonyl (C=O) groups excluding carboxylic acids is 1.